The number of nitrogens with zero attached hydrogens (tertiary/aromatic N) is 1. The number of carbonyl (C=O) groups excluding carboxylic acids is 1. The summed E-state index contributed by atoms with van der Waals surface area (Å²) in [5, 5.41) is 11.5. The predicted octanol–water partition coefficient (Wildman–Crippen LogP) is 2.95. The summed E-state index contributed by atoms with van der Waals surface area (Å²) in [6, 6.07) is 8.12. The topological polar surface area (TPSA) is 79.3 Å². The molecular formula is C14H11IN2O3. The molecule has 20 heavy (non-hydrogen) atoms. The number of hydrogen-bond donors (Lipinski definition) is 2. The van der Waals surface area contributed by atoms with Crippen LogP contribution in [0.1, 0.15) is 26.3 Å². The highest BCUT2D eigenvalue weighted by molar-refractivity contribution is 14.1. The standard InChI is InChI=1S/C14H11IN2O3/c1-8-3-2-4-10(12(8)15)13(18)17-11-7-9(14(19)20)5-6-16-11/h2-7H,1H3,(H,19,20)(H,16,17,18). The van der Waals surface area contributed by atoms with Crippen LogP contribution in [0.2, 0.25) is 0 Å². The van der Waals surface area contributed by atoms with E-state index in [1.165, 1.54) is 18.3 Å². The first-order chi connectivity index (χ1) is 9.49. The number of amides is 1. The molecule has 0 radical (unpaired) electrons. The first kappa shape index (κ1) is 14.4. The van der Waals surface area contributed by atoms with Gasteiger partial charge >= 0.3 is 5.97 Å². The molecule has 0 spiro atoms. The number of halogens is 1. The minimum atomic E-state index is -1.06. The Hall–Kier alpha value is -1.96. The Bertz CT molecular complexity index is 686. The van der Waals surface area contributed by atoms with Crippen LogP contribution in [0, 0.1) is 10.5 Å². The van der Waals surface area contributed by atoms with Gasteiger partial charge in [0.1, 0.15) is 5.82 Å². The maximum Gasteiger partial charge on any atom is 0.335 e. The lowest BCUT2D eigenvalue weighted by molar-refractivity contribution is 0.0696. The smallest absolute Gasteiger partial charge is 0.335 e. The van der Waals surface area contributed by atoms with E-state index in [0.29, 0.717) is 5.56 Å². The molecule has 1 aromatic heterocycles. The van der Waals surface area contributed by atoms with Crippen LogP contribution < -0.4 is 5.32 Å². The van der Waals surface area contributed by atoms with Gasteiger partial charge in [-0.3, -0.25) is 4.79 Å². The highest BCUT2D eigenvalue weighted by Crippen LogP contribution is 2.18. The van der Waals surface area contributed by atoms with Crippen molar-refractivity contribution in [1.82, 2.24) is 4.98 Å². The van der Waals surface area contributed by atoms with Crippen LogP contribution in [0.3, 0.4) is 0 Å². The second-order valence-electron chi connectivity index (χ2n) is 4.13. The predicted molar refractivity (Wildman–Crippen MR) is 83.0 cm³/mol. The van der Waals surface area contributed by atoms with E-state index < -0.39 is 5.97 Å². The fraction of sp³-hybridized carbons (Fsp3) is 0.0714. The number of aromatic carboxylic acids is 1. The number of rotatable bonds is 3. The second-order valence-corrected chi connectivity index (χ2v) is 5.20. The number of aryl methyl sites for hydroxylation is 1. The summed E-state index contributed by atoms with van der Waals surface area (Å²) in [6.45, 7) is 1.92. The molecule has 1 amide bonds. The fourth-order valence-corrected chi connectivity index (χ4v) is 2.24. The van der Waals surface area contributed by atoms with Crippen molar-refractivity contribution in [2.45, 2.75) is 6.92 Å². The minimum absolute atomic E-state index is 0.0780. The Balaban J connectivity index is 2.26. The fourth-order valence-electron chi connectivity index (χ4n) is 1.64. The van der Waals surface area contributed by atoms with E-state index in [0.717, 1.165) is 9.13 Å². The molecule has 0 bridgehead atoms. The normalized spacial score (nSPS) is 10.1. The molecule has 0 saturated carbocycles. The lowest BCUT2D eigenvalue weighted by Gasteiger charge is -2.08. The highest BCUT2D eigenvalue weighted by atomic mass is 127. The monoisotopic (exact) mass is 382 g/mol. The van der Waals surface area contributed by atoms with Crippen LogP contribution >= 0.6 is 22.6 Å². The third-order valence-electron chi connectivity index (χ3n) is 2.68. The first-order valence-electron chi connectivity index (χ1n) is 5.75. The SMILES string of the molecule is Cc1cccc(C(=O)Nc2cc(C(=O)O)ccn2)c1I. The number of aromatic nitrogens is 1. The molecule has 0 unspecified atom stereocenters. The molecule has 1 heterocycles. The van der Waals surface area contributed by atoms with E-state index in [1.807, 2.05) is 13.0 Å². The molecule has 0 saturated heterocycles. The van der Waals surface area contributed by atoms with E-state index in [2.05, 4.69) is 32.9 Å². The molecule has 2 rings (SSSR count). The zero-order chi connectivity index (χ0) is 14.7. The quantitative estimate of drug-likeness (QED) is 0.801. The third kappa shape index (κ3) is 3.13. The molecule has 0 fully saturated rings. The number of pyridine rings is 1. The van der Waals surface area contributed by atoms with Crippen molar-refractivity contribution in [2.24, 2.45) is 0 Å². The average Bonchev–Trinajstić information content (AvgIpc) is 2.42. The van der Waals surface area contributed by atoms with E-state index in [9.17, 15) is 9.59 Å². The van der Waals surface area contributed by atoms with Gasteiger partial charge in [0.05, 0.1) is 11.1 Å². The Morgan fingerprint density at radius 3 is 2.75 bits per heavy atom. The first-order valence-corrected chi connectivity index (χ1v) is 6.82. The van der Waals surface area contributed by atoms with Gasteiger partial charge in [-0.1, -0.05) is 12.1 Å². The zero-order valence-electron chi connectivity index (χ0n) is 10.6. The van der Waals surface area contributed by atoms with Crippen LogP contribution in [0.5, 0.6) is 0 Å². The number of carboxylic acid groups (broad SMARTS) is 1. The van der Waals surface area contributed by atoms with Gasteiger partial charge in [-0.2, -0.15) is 0 Å². The zero-order valence-corrected chi connectivity index (χ0v) is 12.7. The summed E-state index contributed by atoms with van der Waals surface area (Å²) >= 11 is 2.10. The number of hydrogen-bond acceptors (Lipinski definition) is 3. The molecule has 2 aromatic rings. The van der Waals surface area contributed by atoms with E-state index in [1.54, 1.807) is 12.1 Å². The number of carboxylic acids is 1. The van der Waals surface area contributed by atoms with Gasteiger partial charge in [-0.05, 0) is 53.3 Å². The number of anilines is 1. The molecule has 0 aliphatic rings. The van der Waals surface area contributed by atoms with Crippen LogP contribution in [-0.2, 0) is 0 Å². The van der Waals surface area contributed by atoms with Gasteiger partial charge in [0, 0.05) is 9.77 Å². The van der Waals surface area contributed by atoms with Gasteiger partial charge in [0.25, 0.3) is 5.91 Å². The van der Waals surface area contributed by atoms with Gasteiger partial charge in [-0.25, -0.2) is 9.78 Å². The van der Waals surface area contributed by atoms with E-state index in [4.69, 9.17) is 5.11 Å². The van der Waals surface area contributed by atoms with E-state index >= 15 is 0 Å². The third-order valence-corrected chi connectivity index (χ3v) is 4.12. The van der Waals surface area contributed by atoms with Crippen molar-refractivity contribution in [3.05, 3.63) is 56.8 Å². The molecule has 0 aliphatic heterocycles. The lowest BCUT2D eigenvalue weighted by Crippen LogP contribution is -2.15. The van der Waals surface area contributed by atoms with Gasteiger partial charge in [0.15, 0.2) is 0 Å². The van der Waals surface area contributed by atoms with E-state index in [-0.39, 0.29) is 17.3 Å². The van der Waals surface area contributed by atoms with Gasteiger partial charge in [-0.15, -0.1) is 0 Å². The van der Waals surface area contributed by atoms with Crippen LogP contribution in [0.25, 0.3) is 0 Å². The Morgan fingerprint density at radius 2 is 2.05 bits per heavy atom. The van der Waals surface area contributed by atoms with Crippen LogP contribution in [0.15, 0.2) is 36.5 Å². The highest BCUT2D eigenvalue weighted by Gasteiger charge is 2.13. The number of nitrogens with one attached hydrogen (secondary N) is 1. The van der Waals surface area contributed by atoms with Crippen molar-refractivity contribution in [3.63, 3.8) is 0 Å². The second kappa shape index (κ2) is 6.00. The largest absolute Gasteiger partial charge is 0.478 e. The molecule has 102 valence electrons. The Kier molecular flexibility index (Phi) is 4.33. The maximum absolute atomic E-state index is 12.2. The number of carbonyl (C=O) groups is 2. The van der Waals surface area contributed by atoms with Gasteiger partial charge < -0.3 is 10.4 Å². The summed E-state index contributed by atoms with van der Waals surface area (Å²) in [4.78, 5) is 27.0. The molecule has 1 aromatic carbocycles. The van der Waals surface area contributed by atoms with Crippen molar-refractivity contribution < 1.29 is 14.7 Å². The molecule has 2 N–H and O–H groups in total. The van der Waals surface area contributed by atoms with Crippen molar-refractivity contribution in [1.29, 1.82) is 0 Å². The number of benzene rings is 1. The summed E-state index contributed by atoms with van der Waals surface area (Å²) in [5.41, 5.74) is 1.62. The van der Waals surface area contributed by atoms with Gasteiger partial charge in [0.2, 0.25) is 0 Å². The molecule has 0 atom stereocenters. The minimum Gasteiger partial charge on any atom is -0.478 e. The Morgan fingerprint density at radius 1 is 1.30 bits per heavy atom. The van der Waals surface area contributed by atoms with Crippen molar-refractivity contribution >= 4 is 40.3 Å². The van der Waals surface area contributed by atoms with Crippen molar-refractivity contribution in [2.75, 3.05) is 5.32 Å². The average molecular weight is 382 g/mol. The Labute approximate surface area is 129 Å². The summed E-state index contributed by atoms with van der Waals surface area (Å²) in [5.74, 6) is -1.16. The van der Waals surface area contributed by atoms with Crippen LogP contribution in [0.4, 0.5) is 5.82 Å². The summed E-state index contributed by atoms with van der Waals surface area (Å²) in [7, 11) is 0. The maximum atomic E-state index is 12.2. The molecular weight excluding hydrogens is 371 g/mol. The summed E-state index contributed by atoms with van der Waals surface area (Å²) in [6.07, 6.45) is 1.35. The van der Waals surface area contributed by atoms with Crippen molar-refractivity contribution in [3.8, 4) is 0 Å². The summed E-state index contributed by atoms with van der Waals surface area (Å²) < 4.78 is 0.858. The molecule has 0 aliphatic carbocycles. The molecule has 5 nitrogen and oxygen atoms in total. The lowest BCUT2D eigenvalue weighted by atomic mass is 10.1. The molecule has 6 heteroatoms. The van der Waals surface area contributed by atoms with Crippen LogP contribution in [-0.4, -0.2) is 22.0 Å².